The van der Waals surface area contributed by atoms with Crippen molar-refractivity contribution in [2.24, 2.45) is 0 Å². The van der Waals surface area contributed by atoms with Crippen molar-refractivity contribution in [2.75, 3.05) is 0 Å². The summed E-state index contributed by atoms with van der Waals surface area (Å²) in [7, 11) is 0. The molecule has 9 heteroatoms. The monoisotopic (exact) mass is 342 g/mol. The van der Waals surface area contributed by atoms with E-state index in [0.717, 1.165) is 0 Å². The largest absolute Gasteiger partial charge is 0.453 e. The summed E-state index contributed by atoms with van der Waals surface area (Å²) in [6.07, 6.45) is -13.3. The Labute approximate surface area is 86.8 Å². The smallest absolute Gasteiger partial charge is 0.196 e. The molecule has 0 nitrogen and oxygen atoms in total. The van der Waals surface area contributed by atoms with Crippen LogP contribution in [0, 0.1) is 0 Å². The Morgan fingerprint density at radius 3 is 1.43 bits per heavy atom. The van der Waals surface area contributed by atoms with Gasteiger partial charge in [-0.2, -0.15) is 35.1 Å². The van der Waals surface area contributed by atoms with Crippen molar-refractivity contribution in [3.63, 3.8) is 0 Å². The molecule has 0 spiro atoms. The summed E-state index contributed by atoms with van der Waals surface area (Å²) in [6, 6.07) is 0. The molecule has 0 saturated heterocycles. The van der Waals surface area contributed by atoms with Crippen LogP contribution in [-0.4, -0.2) is 22.2 Å². The van der Waals surface area contributed by atoms with Crippen LogP contribution in [0.3, 0.4) is 0 Å². The summed E-state index contributed by atoms with van der Waals surface area (Å²) < 4.78 is 90.8. The fraction of sp³-hybridized carbons (Fsp3) is 1.00. The van der Waals surface area contributed by atoms with Gasteiger partial charge in [0, 0.05) is 6.42 Å². The lowest BCUT2D eigenvalue weighted by atomic mass is 10.2. The van der Waals surface area contributed by atoms with Gasteiger partial charge in [-0.3, -0.25) is 0 Å². The molecular weight excluding hydrogens is 339 g/mol. The maximum atomic E-state index is 12.1. The quantitative estimate of drug-likeness (QED) is 0.405. The van der Waals surface area contributed by atoms with E-state index < -0.39 is 28.6 Å². The molecule has 0 aromatic rings. The van der Waals surface area contributed by atoms with Crippen LogP contribution in [-0.2, 0) is 0 Å². The Kier molecular flexibility index (Phi) is 4.02. The number of halogens is 9. The van der Waals surface area contributed by atoms with Gasteiger partial charge in [0.05, 0.1) is 0 Å². The van der Waals surface area contributed by atoms with Gasteiger partial charge >= 0.3 is 18.3 Å². The van der Waals surface area contributed by atoms with Gasteiger partial charge in [0.15, 0.2) is 0 Å². The molecule has 0 radical (unpaired) electrons. The lowest BCUT2D eigenvalue weighted by molar-refractivity contribution is -0.288. The van der Waals surface area contributed by atoms with E-state index >= 15 is 0 Å². The molecule has 0 aliphatic rings. The highest BCUT2D eigenvalue weighted by Crippen LogP contribution is 2.43. The molecule has 0 bridgehead atoms. The van der Waals surface area contributed by atoms with Crippen molar-refractivity contribution in [1.82, 2.24) is 0 Å². The Morgan fingerprint density at radius 2 is 1.21 bits per heavy atom. The second-order valence-electron chi connectivity index (χ2n) is 2.42. The fourth-order valence-corrected chi connectivity index (χ4v) is 1.01. The molecular formula is C5H3F8I. The number of hydrogen-bond acceptors (Lipinski definition) is 0. The summed E-state index contributed by atoms with van der Waals surface area (Å²) in [6.45, 7) is 0. The first-order valence-electron chi connectivity index (χ1n) is 3.03. The van der Waals surface area contributed by atoms with Crippen LogP contribution in [0.5, 0.6) is 0 Å². The van der Waals surface area contributed by atoms with Crippen molar-refractivity contribution in [1.29, 1.82) is 0 Å². The average molecular weight is 342 g/mol. The molecule has 0 aromatic carbocycles. The fourth-order valence-electron chi connectivity index (χ4n) is 0.457. The van der Waals surface area contributed by atoms with E-state index in [1.165, 1.54) is 0 Å². The van der Waals surface area contributed by atoms with Crippen molar-refractivity contribution < 1.29 is 35.1 Å². The molecule has 0 aliphatic heterocycles. The van der Waals surface area contributed by atoms with Crippen LogP contribution >= 0.6 is 22.6 Å². The standard InChI is InChI=1S/C5H3F8I/c6-3(7,5(11,12)13)1-2(14)4(8,9)10/h2H,1H2/t2-/m0/s1. The summed E-state index contributed by atoms with van der Waals surface area (Å²) >= 11 is 0.508. The minimum Gasteiger partial charge on any atom is -0.196 e. The maximum Gasteiger partial charge on any atom is 0.453 e. The van der Waals surface area contributed by atoms with Crippen molar-refractivity contribution in [3.8, 4) is 0 Å². The zero-order valence-electron chi connectivity index (χ0n) is 6.19. The molecule has 14 heavy (non-hydrogen) atoms. The minimum atomic E-state index is -5.94. The van der Waals surface area contributed by atoms with Gasteiger partial charge in [0.1, 0.15) is 3.92 Å². The van der Waals surface area contributed by atoms with E-state index in [0.29, 0.717) is 22.6 Å². The Hall–Kier alpha value is 0.170. The molecule has 0 amide bonds. The molecule has 1 atom stereocenters. The van der Waals surface area contributed by atoms with E-state index in [9.17, 15) is 35.1 Å². The number of alkyl halides is 9. The van der Waals surface area contributed by atoms with Gasteiger partial charge in [-0.1, -0.05) is 22.6 Å². The highest BCUT2D eigenvalue weighted by Gasteiger charge is 2.60. The van der Waals surface area contributed by atoms with E-state index in [2.05, 4.69) is 0 Å². The van der Waals surface area contributed by atoms with Gasteiger partial charge in [0.25, 0.3) is 0 Å². The SMILES string of the molecule is FC(F)(F)[C@@H](I)CC(F)(F)C(F)(F)F. The third-order valence-corrected chi connectivity index (χ3v) is 2.35. The van der Waals surface area contributed by atoms with Crippen LogP contribution < -0.4 is 0 Å². The Morgan fingerprint density at radius 1 is 0.857 bits per heavy atom. The summed E-state index contributed by atoms with van der Waals surface area (Å²) in [5.74, 6) is -5.31. The predicted molar refractivity (Wildman–Crippen MR) is 39.5 cm³/mol. The zero-order chi connectivity index (χ0) is 11.8. The van der Waals surface area contributed by atoms with Crippen LogP contribution in [0.25, 0.3) is 0 Å². The molecule has 0 heterocycles. The highest BCUT2D eigenvalue weighted by atomic mass is 127. The first-order valence-corrected chi connectivity index (χ1v) is 4.28. The van der Waals surface area contributed by atoms with Gasteiger partial charge in [-0.15, -0.1) is 0 Å². The second-order valence-corrected chi connectivity index (χ2v) is 3.92. The van der Waals surface area contributed by atoms with Gasteiger partial charge < -0.3 is 0 Å². The molecule has 86 valence electrons. The van der Waals surface area contributed by atoms with E-state index in [-0.39, 0.29) is 0 Å². The number of hydrogen-bond donors (Lipinski definition) is 0. The van der Waals surface area contributed by atoms with Crippen LogP contribution in [0.1, 0.15) is 6.42 Å². The normalized spacial score (nSPS) is 16.9. The Balaban J connectivity index is 4.53. The molecule has 0 N–H and O–H groups in total. The maximum absolute atomic E-state index is 12.1. The van der Waals surface area contributed by atoms with Crippen molar-refractivity contribution in [2.45, 2.75) is 28.6 Å². The van der Waals surface area contributed by atoms with Gasteiger partial charge in [0.2, 0.25) is 0 Å². The topological polar surface area (TPSA) is 0 Å². The van der Waals surface area contributed by atoms with Crippen molar-refractivity contribution in [3.05, 3.63) is 0 Å². The van der Waals surface area contributed by atoms with E-state index in [1.807, 2.05) is 0 Å². The number of rotatable bonds is 2. The van der Waals surface area contributed by atoms with Crippen LogP contribution in [0.15, 0.2) is 0 Å². The van der Waals surface area contributed by atoms with Crippen LogP contribution in [0.2, 0.25) is 0 Å². The molecule has 0 rings (SSSR count). The zero-order valence-corrected chi connectivity index (χ0v) is 8.34. The summed E-state index contributed by atoms with van der Waals surface area (Å²) in [4.78, 5) is 0. The predicted octanol–water partition coefficient (Wildman–Crippen LogP) is 3.94. The Bertz CT molecular complexity index is 191. The second kappa shape index (κ2) is 3.97. The van der Waals surface area contributed by atoms with Crippen LogP contribution in [0.4, 0.5) is 35.1 Å². The third-order valence-electron chi connectivity index (χ3n) is 1.21. The lowest BCUT2D eigenvalue weighted by Crippen LogP contribution is -2.41. The molecule has 0 unspecified atom stereocenters. The third kappa shape index (κ3) is 3.73. The average Bonchev–Trinajstić information content (AvgIpc) is 1.80. The molecule has 0 saturated carbocycles. The lowest BCUT2D eigenvalue weighted by Gasteiger charge is -2.23. The first-order chi connectivity index (χ1) is 5.88. The van der Waals surface area contributed by atoms with Gasteiger partial charge in [-0.05, 0) is 0 Å². The molecule has 0 fully saturated rings. The van der Waals surface area contributed by atoms with Crippen molar-refractivity contribution >= 4 is 22.6 Å². The first kappa shape index (κ1) is 14.2. The van der Waals surface area contributed by atoms with E-state index in [1.54, 1.807) is 0 Å². The minimum absolute atomic E-state index is 0.508. The summed E-state index contributed by atoms with van der Waals surface area (Å²) in [5.41, 5.74) is 0. The molecule has 0 aromatic heterocycles. The van der Waals surface area contributed by atoms with Gasteiger partial charge in [-0.25, -0.2) is 0 Å². The summed E-state index contributed by atoms with van der Waals surface area (Å²) in [5, 5.41) is 0. The highest BCUT2D eigenvalue weighted by molar-refractivity contribution is 14.1. The van der Waals surface area contributed by atoms with E-state index in [4.69, 9.17) is 0 Å². The molecule has 0 aliphatic carbocycles.